The molecule has 2 unspecified atom stereocenters. The molecular weight excluding hydrogens is 250 g/mol. The van der Waals surface area contributed by atoms with Crippen molar-refractivity contribution in [2.45, 2.75) is 45.4 Å². The Balaban J connectivity index is 2.03. The highest BCUT2D eigenvalue weighted by atomic mass is 16.5. The van der Waals surface area contributed by atoms with Gasteiger partial charge in [0.05, 0.1) is 18.8 Å². The van der Waals surface area contributed by atoms with E-state index in [2.05, 4.69) is 55.4 Å². The van der Waals surface area contributed by atoms with Gasteiger partial charge in [0.1, 0.15) is 0 Å². The summed E-state index contributed by atoms with van der Waals surface area (Å²) in [7, 11) is 0. The summed E-state index contributed by atoms with van der Waals surface area (Å²) in [6.45, 7) is 9.34. The number of hydrogen-bond donors (Lipinski definition) is 2. The van der Waals surface area contributed by atoms with Crippen molar-refractivity contribution in [1.82, 2.24) is 10.3 Å². The van der Waals surface area contributed by atoms with Gasteiger partial charge in [0.25, 0.3) is 0 Å². The molecule has 20 heavy (non-hydrogen) atoms. The van der Waals surface area contributed by atoms with Crippen LogP contribution in [-0.4, -0.2) is 42.8 Å². The fourth-order valence-corrected chi connectivity index (χ4v) is 2.78. The molecule has 0 bridgehead atoms. The molecule has 0 saturated carbocycles. The van der Waals surface area contributed by atoms with E-state index in [4.69, 9.17) is 10.6 Å². The van der Waals surface area contributed by atoms with Gasteiger partial charge in [0, 0.05) is 19.1 Å². The Bertz CT molecular complexity index is 422. The van der Waals surface area contributed by atoms with Gasteiger partial charge in [0.15, 0.2) is 0 Å². The smallest absolute Gasteiger partial charge is 0.0872 e. The predicted molar refractivity (Wildman–Crippen MR) is 82.4 cm³/mol. The van der Waals surface area contributed by atoms with Crippen LogP contribution in [-0.2, 0) is 11.2 Å². The van der Waals surface area contributed by atoms with E-state index in [-0.39, 0.29) is 12.1 Å². The Morgan fingerprint density at radius 2 is 2.15 bits per heavy atom. The van der Waals surface area contributed by atoms with Gasteiger partial charge in [-0.25, -0.2) is 0 Å². The first-order valence-corrected chi connectivity index (χ1v) is 7.48. The largest absolute Gasteiger partial charge is 0.374 e. The van der Waals surface area contributed by atoms with Gasteiger partial charge in [-0.15, -0.1) is 0 Å². The molecule has 0 spiro atoms. The maximum Gasteiger partial charge on any atom is 0.0872 e. The Morgan fingerprint density at radius 1 is 1.40 bits per heavy atom. The maximum absolute atomic E-state index is 5.94. The van der Waals surface area contributed by atoms with Crippen LogP contribution in [0.2, 0.25) is 0 Å². The first-order chi connectivity index (χ1) is 9.61. The van der Waals surface area contributed by atoms with E-state index in [1.807, 2.05) is 0 Å². The fraction of sp³-hybridized carbons (Fsp3) is 0.625. The zero-order valence-electron chi connectivity index (χ0n) is 12.8. The second-order valence-electron chi connectivity index (χ2n) is 5.90. The van der Waals surface area contributed by atoms with Gasteiger partial charge >= 0.3 is 0 Å². The molecule has 2 rings (SSSR count). The number of aryl methyl sites for hydroxylation is 1. The first-order valence-electron chi connectivity index (χ1n) is 7.48. The number of nitrogens with zero attached hydrogens (tertiary/aromatic N) is 1. The van der Waals surface area contributed by atoms with Crippen LogP contribution in [0.15, 0.2) is 24.3 Å². The minimum Gasteiger partial charge on any atom is -0.374 e. The molecule has 1 aromatic rings. The molecule has 0 aliphatic carbocycles. The van der Waals surface area contributed by atoms with Gasteiger partial charge in [-0.2, -0.15) is 0 Å². The van der Waals surface area contributed by atoms with Crippen molar-refractivity contribution >= 4 is 0 Å². The molecule has 4 nitrogen and oxygen atoms in total. The molecule has 1 fully saturated rings. The summed E-state index contributed by atoms with van der Waals surface area (Å²) in [5.41, 5.74) is 5.60. The van der Waals surface area contributed by atoms with Gasteiger partial charge in [-0.3, -0.25) is 16.2 Å². The molecule has 1 saturated heterocycles. The lowest BCUT2D eigenvalue weighted by Gasteiger charge is -2.38. The minimum absolute atomic E-state index is 0.149. The van der Waals surface area contributed by atoms with E-state index in [0.29, 0.717) is 6.04 Å². The molecule has 2 atom stereocenters. The number of rotatable bonds is 5. The van der Waals surface area contributed by atoms with Gasteiger partial charge in [-0.1, -0.05) is 24.3 Å². The number of benzene rings is 1. The van der Waals surface area contributed by atoms with Crippen molar-refractivity contribution in [2.24, 2.45) is 5.84 Å². The summed E-state index contributed by atoms with van der Waals surface area (Å²) < 4.78 is 5.94. The van der Waals surface area contributed by atoms with Crippen molar-refractivity contribution in [3.05, 3.63) is 35.4 Å². The van der Waals surface area contributed by atoms with Crippen LogP contribution >= 0.6 is 0 Å². The predicted octanol–water partition coefficient (Wildman–Crippen LogP) is 1.48. The monoisotopic (exact) mass is 277 g/mol. The Morgan fingerprint density at radius 3 is 2.80 bits per heavy atom. The number of nitrogens with two attached hydrogens (primary N) is 1. The number of hydrogen-bond acceptors (Lipinski definition) is 4. The fourth-order valence-electron chi connectivity index (χ4n) is 2.78. The Hall–Kier alpha value is -0.940. The molecule has 1 heterocycles. The average Bonchev–Trinajstić information content (AvgIpc) is 2.46. The molecular formula is C16H27N3O. The number of ether oxygens (including phenoxy) is 1. The third kappa shape index (κ3) is 3.79. The highest BCUT2D eigenvalue weighted by Gasteiger charge is 2.28. The summed E-state index contributed by atoms with van der Waals surface area (Å²) in [5.74, 6) is 5.77. The molecule has 0 radical (unpaired) electrons. The first kappa shape index (κ1) is 15.4. The lowest BCUT2D eigenvalue weighted by molar-refractivity contribution is -0.0552. The van der Waals surface area contributed by atoms with Crippen molar-refractivity contribution in [2.75, 3.05) is 19.7 Å². The molecule has 4 heteroatoms. The second kappa shape index (κ2) is 7.18. The third-order valence-corrected chi connectivity index (χ3v) is 4.22. The summed E-state index contributed by atoms with van der Waals surface area (Å²) in [5, 5.41) is 0. The third-order valence-electron chi connectivity index (χ3n) is 4.22. The molecule has 1 aliphatic rings. The van der Waals surface area contributed by atoms with E-state index < -0.39 is 0 Å². The van der Waals surface area contributed by atoms with E-state index in [1.165, 1.54) is 11.1 Å². The van der Waals surface area contributed by atoms with Crippen LogP contribution < -0.4 is 11.3 Å². The maximum atomic E-state index is 5.94. The lowest BCUT2D eigenvalue weighted by atomic mass is 9.97. The average molecular weight is 277 g/mol. The molecule has 112 valence electrons. The number of nitrogens with one attached hydrogen (secondary N) is 1. The molecule has 0 amide bonds. The zero-order chi connectivity index (χ0) is 14.5. The summed E-state index contributed by atoms with van der Waals surface area (Å²) >= 11 is 0. The van der Waals surface area contributed by atoms with Crippen molar-refractivity contribution in [3.8, 4) is 0 Å². The van der Waals surface area contributed by atoms with Crippen LogP contribution in [0.1, 0.15) is 25.0 Å². The molecule has 1 aromatic carbocycles. The van der Waals surface area contributed by atoms with Crippen LogP contribution in [0.3, 0.4) is 0 Å². The van der Waals surface area contributed by atoms with Gasteiger partial charge in [0.2, 0.25) is 0 Å². The summed E-state index contributed by atoms with van der Waals surface area (Å²) in [6.07, 6.45) is 1.05. The zero-order valence-corrected chi connectivity index (χ0v) is 12.8. The molecule has 0 aromatic heterocycles. The highest BCUT2D eigenvalue weighted by molar-refractivity contribution is 5.26. The lowest BCUT2D eigenvalue weighted by Crippen LogP contribution is -2.56. The highest BCUT2D eigenvalue weighted by Crippen LogP contribution is 2.16. The van der Waals surface area contributed by atoms with Crippen molar-refractivity contribution in [3.63, 3.8) is 0 Å². The second-order valence-corrected chi connectivity index (χ2v) is 5.90. The number of morpholine rings is 1. The number of hydrazine groups is 1. The van der Waals surface area contributed by atoms with Crippen molar-refractivity contribution < 1.29 is 4.74 Å². The van der Waals surface area contributed by atoms with Crippen LogP contribution in [0.25, 0.3) is 0 Å². The molecule has 1 aliphatic heterocycles. The summed E-state index contributed by atoms with van der Waals surface area (Å²) in [6, 6.07) is 9.17. The van der Waals surface area contributed by atoms with E-state index in [9.17, 15) is 0 Å². The summed E-state index contributed by atoms with van der Waals surface area (Å²) in [4.78, 5) is 2.45. The van der Waals surface area contributed by atoms with E-state index in [1.54, 1.807) is 0 Å². The Labute approximate surface area is 122 Å². The standard InChI is InChI=1S/C16H27N3O/c1-12(2)19-8-9-20-16(11-19)15(18-17)10-14-7-5-4-6-13(14)3/h4-7,12,15-16,18H,8-11,17H2,1-3H3. The van der Waals surface area contributed by atoms with Crippen LogP contribution in [0.5, 0.6) is 0 Å². The van der Waals surface area contributed by atoms with Crippen LogP contribution in [0, 0.1) is 6.92 Å². The van der Waals surface area contributed by atoms with Gasteiger partial charge in [-0.05, 0) is 38.3 Å². The van der Waals surface area contributed by atoms with Crippen molar-refractivity contribution in [1.29, 1.82) is 0 Å². The quantitative estimate of drug-likeness (QED) is 0.632. The minimum atomic E-state index is 0.149. The topological polar surface area (TPSA) is 50.5 Å². The van der Waals surface area contributed by atoms with E-state index >= 15 is 0 Å². The Kier molecular flexibility index (Phi) is 5.54. The SMILES string of the molecule is Cc1ccccc1CC(NN)C1CN(C(C)C)CCO1. The molecule has 3 N–H and O–H groups in total. The van der Waals surface area contributed by atoms with Gasteiger partial charge < -0.3 is 4.74 Å². The van der Waals surface area contributed by atoms with Crippen LogP contribution in [0.4, 0.5) is 0 Å². The van der Waals surface area contributed by atoms with E-state index in [0.717, 1.165) is 26.1 Å². The normalized spacial score (nSPS) is 22.1.